The molecule has 0 rings (SSSR count). The molecule has 0 radical (unpaired) electrons. The third-order valence-corrected chi connectivity index (χ3v) is 6.97. The number of carbonyl (C=O) groups excluding carboxylic acids is 2. The summed E-state index contributed by atoms with van der Waals surface area (Å²) >= 11 is 0. The summed E-state index contributed by atoms with van der Waals surface area (Å²) in [7, 11) is 0. The Morgan fingerprint density at radius 2 is 0.889 bits per heavy atom. The summed E-state index contributed by atoms with van der Waals surface area (Å²) in [6.07, 6.45) is 26.5. The summed E-state index contributed by atoms with van der Waals surface area (Å²) in [5, 5.41) is 8.88. The normalized spacial score (nSPS) is 12.0. The molecule has 3 amide bonds. The van der Waals surface area contributed by atoms with E-state index in [-0.39, 0.29) is 11.9 Å². The first-order chi connectivity index (χ1) is 17.5. The number of amides is 3. The Morgan fingerprint density at radius 1 is 0.528 bits per heavy atom. The molecule has 0 aromatic heterocycles. The largest absolute Gasteiger partial charge is 0.354 e. The lowest BCUT2D eigenvalue weighted by Gasteiger charge is -2.20. The minimum atomic E-state index is -0.457. The topological polar surface area (TPSA) is 70.2 Å². The lowest BCUT2D eigenvalue weighted by Crippen LogP contribution is -2.50. The van der Waals surface area contributed by atoms with Crippen molar-refractivity contribution in [3.05, 3.63) is 0 Å². The van der Waals surface area contributed by atoms with E-state index in [0.717, 1.165) is 25.7 Å². The van der Waals surface area contributed by atoms with Gasteiger partial charge in [0.1, 0.15) is 6.04 Å². The molecular formula is C31H63N3O2. The maximum absolute atomic E-state index is 12.6. The second-order valence-corrected chi connectivity index (χ2v) is 11.2. The smallest absolute Gasteiger partial charge is 0.315 e. The highest BCUT2D eigenvalue weighted by Gasteiger charge is 2.21. The Kier molecular flexibility index (Phi) is 25.9. The molecule has 0 fully saturated rings. The van der Waals surface area contributed by atoms with Crippen LogP contribution in [0.4, 0.5) is 4.79 Å². The second-order valence-electron chi connectivity index (χ2n) is 11.2. The number of hydrogen-bond donors (Lipinski definition) is 3. The van der Waals surface area contributed by atoms with Gasteiger partial charge in [-0.1, -0.05) is 143 Å². The quantitative estimate of drug-likeness (QED) is 0.102. The molecule has 214 valence electrons. The van der Waals surface area contributed by atoms with Crippen LogP contribution in [0.25, 0.3) is 0 Å². The molecule has 0 bridgehead atoms. The lowest BCUT2D eigenvalue weighted by molar-refractivity contribution is -0.123. The van der Waals surface area contributed by atoms with Crippen molar-refractivity contribution >= 4 is 11.9 Å². The third-order valence-electron chi connectivity index (χ3n) is 6.97. The molecule has 0 aromatic carbocycles. The van der Waals surface area contributed by atoms with Crippen LogP contribution < -0.4 is 16.0 Å². The summed E-state index contributed by atoms with van der Waals surface area (Å²) in [5.41, 5.74) is 0. The standard InChI is InChI=1S/C31H63N3O2/c1-5-7-9-11-13-14-15-16-17-18-19-20-22-24-26-33-31(36)34-29(27-28(3)4)30(35)32-25-23-21-12-10-8-6-2/h28-29H,5-27H2,1-4H3,(H,32,35)(H2,33,34,36). The van der Waals surface area contributed by atoms with E-state index in [1.807, 2.05) is 0 Å². The van der Waals surface area contributed by atoms with Crippen molar-refractivity contribution < 1.29 is 9.59 Å². The van der Waals surface area contributed by atoms with Crippen molar-refractivity contribution in [2.45, 2.75) is 169 Å². The zero-order chi connectivity index (χ0) is 26.7. The molecule has 0 aliphatic carbocycles. The SMILES string of the molecule is CCCCCCCCCCCCCCCCNC(=O)NC(CC(C)C)C(=O)NCCCCCCCC. The van der Waals surface area contributed by atoms with E-state index in [2.05, 4.69) is 43.6 Å². The van der Waals surface area contributed by atoms with Crippen LogP contribution in [0.15, 0.2) is 0 Å². The van der Waals surface area contributed by atoms with Gasteiger partial charge in [-0.3, -0.25) is 4.79 Å². The van der Waals surface area contributed by atoms with E-state index >= 15 is 0 Å². The highest BCUT2D eigenvalue weighted by molar-refractivity contribution is 5.86. The first-order valence-electron chi connectivity index (χ1n) is 15.8. The summed E-state index contributed by atoms with van der Waals surface area (Å²) in [6, 6.07) is -0.675. The van der Waals surface area contributed by atoms with Gasteiger partial charge in [-0.15, -0.1) is 0 Å². The number of rotatable bonds is 26. The highest BCUT2D eigenvalue weighted by atomic mass is 16.2. The van der Waals surface area contributed by atoms with Gasteiger partial charge < -0.3 is 16.0 Å². The number of carbonyl (C=O) groups is 2. The molecule has 0 heterocycles. The van der Waals surface area contributed by atoms with Crippen molar-refractivity contribution in [1.82, 2.24) is 16.0 Å². The average molecular weight is 510 g/mol. The van der Waals surface area contributed by atoms with Crippen LogP contribution >= 0.6 is 0 Å². The molecule has 0 saturated carbocycles. The summed E-state index contributed by atoms with van der Waals surface area (Å²) in [4.78, 5) is 25.0. The molecule has 0 saturated heterocycles. The van der Waals surface area contributed by atoms with Gasteiger partial charge in [-0.2, -0.15) is 0 Å². The third kappa shape index (κ3) is 24.4. The number of nitrogens with one attached hydrogen (secondary N) is 3. The van der Waals surface area contributed by atoms with Crippen molar-refractivity contribution in [1.29, 1.82) is 0 Å². The first-order valence-corrected chi connectivity index (χ1v) is 15.8. The molecule has 5 heteroatoms. The lowest BCUT2D eigenvalue weighted by atomic mass is 10.0. The van der Waals surface area contributed by atoms with E-state index in [9.17, 15) is 9.59 Å². The number of urea groups is 1. The molecule has 1 unspecified atom stereocenters. The van der Waals surface area contributed by atoms with Gasteiger partial charge >= 0.3 is 6.03 Å². The van der Waals surface area contributed by atoms with Crippen LogP contribution in [0.1, 0.15) is 163 Å². The molecule has 36 heavy (non-hydrogen) atoms. The maximum Gasteiger partial charge on any atom is 0.315 e. The van der Waals surface area contributed by atoms with Crippen LogP contribution in [0.5, 0.6) is 0 Å². The Morgan fingerprint density at radius 3 is 1.28 bits per heavy atom. The maximum atomic E-state index is 12.6. The van der Waals surface area contributed by atoms with Gasteiger partial charge in [-0.25, -0.2) is 4.79 Å². The Balaban J connectivity index is 3.76. The highest BCUT2D eigenvalue weighted by Crippen LogP contribution is 2.13. The van der Waals surface area contributed by atoms with E-state index in [4.69, 9.17) is 0 Å². The monoisotopic (exact) mass is 509 g/mol. The summed E-state index contributed by atoms with van der Waals surface area (Å²) < 4.78 is 0. The van der Waals surface area contributed by atoms with Crippen LogP contribution in [0, 0.1) is 5.92 Å². The van der Waals surface area contributed by atoms with Crippen molar-refractivity contribution in [3.8, 4) is 0 Å². The van der Waals surface area contributed by atoms with E-state index in [1.54, 1.807) is 0 Å². The minimum absolute atomic E-state index is 0.0519. The Bertz CT molecular complexity index is 496. The van der Waals surface area contributed by atoms with E-state index < -0.39 is 6.04 Å². The van der Waals surface area contributed by atoms with Gasteiger partial charge in [0, 0.05) is 13.1 Å². The molecule has 1 atom stereocenters. The molecule has 0 aliphatic heterocycles. The van der Waals surface area contributed by atoms with Gasteiger partial charge in [-0.05, 0) is 25.2 Å². The second kappa shape index (κ2) is 26.8. The van der Waals surface area contributed by atoms with Crippen LogP contribution in [0.3, 0.4) is 0 Å². The Labute approximate surface area is 225 Å². The molecule has 0 aliphatic rings. The fourth-order valence-electron chi connectivity index (χ4n) is 4.67. The van der Waals surface area contributed by atoms with Gasteiger partial charge in [0.15, 0.2) is 0 Å². The first kappa shape index (κ1) is 34.7. The molecule has 5 nitrogen and oxygen atoms in total. The molecule has 0 aromatic rings. The zero-order valence-electron chi connectivity index (χ0n) is 24.7. The van der Waals surface area contributed by atoms with Gasteiger partial charge in [0.05, 0.1) is 0 Å². The van der Waals surface area contributed by atoms with Crippen molar-refractivity contribution in [3.63, 3.8) is 0 Å². The summed E-state index contributed by atoms with van der Waals surface area (Å²) in [6.45, 7) is 10.0. The van der Waals surface area contributed by atoms with Crippen LogP contribution in [0.2, 0.25) is 0 Å². The summed E-state index contributed by atoms with van der Waals surface area (Å²) in [5.74, 6) is 0.296. The zero-order valence-corrected chi connectivity index (χ0v) is 24.7. The van der Waals surface area contributed by atoms with E-state index in [1.165, 1.54) is 103 Å². The van der Waals surface area contributed by atoms with Gasteiger partial charge in [0.25, 0.3) is 0 Å². The average Bonchev–Trinajstić information content (AvgIpc) is 2.85. The predicted octanol–water partition coefficient (Wildman–Crippen LogP) is 8.66. The van der Waals surface area contributed by atoms with Crippen LogP contribution in [-0.4, -0.2) is 31.1 Å². The van der Waals surface area contributed by atoms with E-state index in [0.29, 0.717) is 25.4 Å². The fraction of sp³-hybridized carbons (Fsp3) is 0.935. The number of hydrogen-bond acceptors (Lipinski definition) is 2. The van der Waals surface area contributed by atoms with Crippen molar-refractivity contribution in [2.75, 3.05) is 13.1 Å². The minimum Gasteiger partial charge on any atom is -0.354 e. The Hall–Kier alpha value is -1.26. The van der Waals surface area contributed by atoms with Gasteiger partial charge in [0.2, 0.25) is 5.91 Å². The predicted molar refractivity (Wildman–Crippen MR) is 156 cm³/mol. The molecule has 3 N–H and O–H groups in total. The molecular weight excluding hydrogens is 446 g/mol. The fourth-order valence-corrected chi connectivity index (χ4v) is 4.67. The van der Waals surface area contributed by atoms with Crippen molar-refractivity contribution in [2.24, 2.45) is 5.92 Å². The number of unbranched alkanes of at least 4 members (excludes halogenated alkanes) is 18. The molecule has 0 spiro atoms. The van der Waals surface area contributed by atoms with Crippen LogP contribution in [-0.2, 0) is 4.79 Å².